The van der Waals surface area contributed by atoms with E-state index >= 15 is 0 Å². The number of benzene rings is 2. The molecular formula is C33H31N7O2. The van der Waals surface area contributed by atoms with Gasteiger partial charge in [0.25, 0.3) is 11.5 Å². The molecule has 0 aliphatic carbocycles. The average Bonchev–Trinajstić information content (AvgIpc) is 3.44. The van der Waals surface area contributed by atoms with E-state index in [2.05, 4.69) is 20.5 Å². The maximum Gasteiger partial charge on any atom is 0.263 e. The zero-order valence-corrected chi connectivity index (χ0v) is 24.2. The molecule has 2 aromatic carbocycles. The number of hydrogen-bond acceptors (Lipinski definition) is 5. The van der Waals surface area contributed by atoms with Gasteiger partial charge in [-0.2, -0.15) is 10.2 Å². The fourth-order valence-corrected chi connectivity index (χ4v) is 5.52. The summed E-state index contributed by atoms with van der Waals surface area (Å²) >= 11 is 0. The minimum absolute atomic E-state index is 0.163. The number of para-hydroxylation sites is 1. The topological polar surface area (TPSA) is 99.1 Å². The SMILES string of the molecule is Cc1nn(C)c(C)c1/C=C/c1cccc2cc([C@@H](C)NC(=O)c3c(C)nn4cccnc34)n(-c3ccccc3)c(=O)c12. The molecule has 0 saturated carbocycles. The van der Waals surface area contributed by atoms with Crippen molar-refractivity contribution in [3.05, 3.63) is 123 Å². The van der Waals surface area contributed by atoms with Crippen molar-refractivity contribution in [2.45, 2.75) is 33.7 Å². The van der Waals surface area contributed by atoms with Gasteiger partial charge in [-0.25, -0.2) is 9.50 Å². The van der Waals surface area contributed by atoms with Crippen LogP contribution in [0.4, 0.5) is 0 Å². The van der Waals surface area contributed by atoms with E-state index in [-0.39, 0.29) is 11.5 Å². The molecule has 0 aliphatic heterocycles. The molecule has 0 saturated heterocycles. The number of nitrogens with zero attached hydrogens (tertiary/aromatic N) is 6. The van der Waals surface area contributed by atoms with Crippen LogP contribution in [0.25, 0.3) is 34.3 Å². The number of carbonyl (C=O) groups excluding carboxylic acids is 1. The van der Waals surface area contributed by atoms with Crippen LogP contribution in [0, 0.1) is 20.8 Å². The molecule has 42 heavy (non-hydrogen) atoms. The molecule has 0 spiro atoms. The van der Waals surface area contributed by atoms with E-state index in [9.17, 15) is 9.59 Å². The van der Waals surface area contributed by atoms with Gasteiger partial charge in [-0.3, -0.25) is 18.8 Å². The fraction of sp³-hybridized carbons (Fsp3) is 0.182. The Bertz CT molecular complexity index is 2070. The molecule has 1 N–H and O–H groups in total. The van der Waals surface area contributed by atoms with Crippen LogP contribution < -0.4 is 10.9 Å². The maximum absolute atomic E-state index is 14.3. The van der Waals surface area contributed by atoms with Crippen LogP contribution in [0.5, 0.6) is 0 Å². The highest BCUT2D eigenvalue weighted by Crippen LogP contribution is 2.26. The Morgan fingerprint density at radius 1 is 0.952 bits per heavy atom. The number of nitrogens with one attached hydrogen (secondary N) is 1. The van der Waals surface area contributed by atoms with Crippen molar-refractivity contribution < 1.29 is 4.79 Å². The van der Waals surface area contributed by atoms with Crippen LogP contribution in [0.2, 0.25) is 0 Å². The summed E-state index contributed by atoms with van der Waals surface area (Å²) in [6.07, 6.45) is 7.38. The Kier molecular flexibility index (Phi) is 6.78. The van der Waals surface area contributed by atoms with Crippen LogP contribution in [0.15, 0.2) is 77.9 Å². The number of aryl methyl sites for hydroxylation is 3. The predicted molar refractivity (Wildman–Crippen MR) is 165 cm³/mol. The Hall–Kier alpha value is -5.31. The number of aromatic nitrogens is 6. The van der Waals surface area contributed by atoms with Crippen LogP contribution in [-0.4, -0.2) is 34.9 Å². The van der Waals surface area contributed by atoms with Crippen molar-refractivity contribution in [3.8, 4) is 5.69 Å². The normalized spacial score (nSPS) is 12.4. The third-order valence-electron chi connectivity index (χ3n) is 7.71. The first kappa shape index (κ1) is 26.9. The van der Waals surface area contributed by atoms with Gasteiger partial charge in [0.2, 0.25) is 0 Å². The highest BCUT2D eigenvalue weighted by atomic mass is 16.2. The third-order valence-corrected chi connectivity index (χ3v) is 7.71. The molecular weight excluding hydrogens is 526 g/mol. The molecule has 4 aromatic heterocycles. The average molecular weight is 558 g/mol. The van der Waals surface area contributed by atoms with E-state index < -0.39 is 6.04 Å². The summed E-state index contributed by atoms with van der Waals surface area (Å²) in [5, 5.41) is 13.4. The summed E-state index contributed by atoms with van der Waals surface area (Å²) in [5.41, 5.74) is 6.49. The van der Waals surface area contributed by atoms with E-state index in [0.717, 1.165) is 27.9 Å². The summed E-state index contributed by atoms with van der Waals surface area (Å²) in [5.74, 6) is -0.306. The highest BCUT2D eigenvalue weighted by molar-refractivity contribution is 6.01. The third kappa shape index (κ3) is 4.58. The smallest absolute Gasteiger partial charge is 0.263 e. The van der Waals surface area contributed by atoms with Crippen LogP contribution in [0.3, 0.4) is 0 Å². The maximum atomic E-state index is 14.3. The van der Waals surface area contributed by atoms with Crippen molar-refractivity contribution in [2.24, 2.45) is 7.05 Å². The molecule has 1 amide bonds. The monoisotopic (exact) mass is 557 g/mol. The van der Waals surface area contributed by atoms with E-state index in [1.165, 1.54) is 0 Å². The lowest BCUT2D eigenvalue weighted by molar-refractivity contribution is 0.0939. The number of hydrogen-bond donors (Lipinski definition) is 1. The minimum atomic E-state index is -0.507. The Labute approximate surface area is 242 Å². The van der Waals surface area contributed by atoms with Gasteiger partial charge < -0.3 is 5.32 Å². The van der Waals surface area contributed by atoms with Gasteiger partial charge in [0.1, 0.15) is 5.56 Å². The van der Waals surface area contributed by atoms with Crippen molar-refractivity contribution in [1.29, 1.82) is 0 Å². The van der Waals surface area contributed by atoms with Gasteiger partial charge >= 0.3 is 0 Å². The van der Waals surface area contributed by atoms with Crippen molar-refractivity contribution in [3.63, 3.8) is 0 Å². The molecule has 4 heterocycles. The lowest BCUT2D eigenvalue weighted by Gasteiger charge is -2.21. The van der Waals surface area contributed by atoms with Crippen molar-refractivity contribution in [2.75, 3.05) is 0 Å². The highest BCUT2D eigenvalue weighted by Gasteiger charge is 2.23. The Morgan fingerprint density at radius 3 is 2.48 bits per heavy atom. The standard InChI is InChI=1S/C33H31N7O2/c1-20-27(23(4)38(5)36-20)16-15-24-11-9-12-25-19-28(40(33(42)30(24)25)26-13-7-6-8-14-26)21(2)35-32(41)29-22(3)37-39-18-10-17-34-31(29)39/h6-19,21H,1-5H3,(H,35,41)/b16-15+/t21-/m1/s1. The number of pyridine rings is 1. The van der Waals surface area contributed by atoms with Gasteiger partial charge in [-0.05, 0) is 62.9 Å². The van der Waals surface area contributed by atoms with Gasteiger partial charge in [0, 0.05) is 42.1 Å². The van der Waals surface area contributed by atoms with Crippen molar-refractivity contribution in [1.82, 2.24) is 34.3 Å². The molecule has 0 fully saturated rings. The summed E-state index contributed by atoms with van der Waals surface area (Å²) in [4.78, 5) is 32.2. The lowest BCUT2D eigenvalue weighted by atomic mass is 10.0. The molecule has 6 rings (SSSR count). The van der Waals surface area contributed by atoms with E-state index in [0.29, 0.717) is 33.7 Å². The van der Waals surface area contributed by atoms with E-state index in [1.807, 2.05) is 99.3 Å². The largest absolute Gasteiger partial charge is 0.344 e. The lowest BCUT2D eigenvalue weighted by Crippen LogP contribution is -2.32. The quantitative estimate of drug-likeness (QED) is 0.298. The summed E-state index contributed by atoms with van der Waals surface area (Å²) in [6, 6.07) is 18.5. The summed E-state index contributed by atoms with van der Waals surface area (Å²) < 4.78 is 5.13. The van der Waals surface area contributed by atoms with Crippen molar-refractivity contribution >= 4 is 34.5 Å². The fourth-order valence-electron chi connectivity index (χ4n) is 5.52. The molecule has 0 radical (unpaired) electrons. The summed E-state index contributed by atoms with van der Waals surface area (Å²) in [7, 11) is 1.92. The van der Waals surface area contributed by atoms with Crippen LogP contribution >= 0.6 is 0 Å². The molecule has 6 aromatic rings. The molecule has 0 unspecified atom stereocenters. The van der Waals surface area contributed by atoms with Gasteiger partial charge in [-0.1, -0.05) is 48.6 Å². The molecule has 9 nitrogen and oxygen atoms in total. The zero-order valence-electron chi connectivity index (χ0n) is 24.2. The second kappa shape index (κ2) is 10.6. The van der Waals surface area contributed by atoms with E-state index in [1.54, 1.807) is 34.5 Å². The predicted octanol–water partition coefficient (Wildman–Crippen LogP) is 5.35. The molecule has 9 heteroatoms. The first-order valence-electron chi connectivity index (χ1n) is 13.8. The van der Waals surface area contributed by atoms with Gasteiger partial charge in [0.15, 0.2) is 5.65 Å². The zero-order chi connectivity index (χ0) is 29.5. The first-order chi connectivity index (χ1) is 20.2. The second-order valence-corrected chi connectivity index (χ2v) is 10.4. The molecule has 0 bridgehead atoms. The first-order valence-corrected chi connectivity index (χ1v) is 13.8. The van der Waals surface area contributed by atoms with E-state index in [4.69, 9.17) is 0 Å². The van der Waals surface area contributed by atoms with Crippen LogP contribution in [-0.2, 0) is 7.05 Å². The van der Waals surface area contributed by atoms with Crippen LogP contribution in [0.1, 0.15) is 57.2 Å². The second-order valence-electron chi connectivity index (χ2n) is 10.4. The Morgan fingerprint density at radius 2 is 1.74 bits per heavy atom. The number of amides is 1. The number of fused-ring (bicyclic) bond motifs is 2. The molecule has 0 aliphatic rings. The number of carbonyl (C=O) groups is 1. The van der Waals surface area contributed by atoms with Gasteiger partial charge in [-0.15, -0.1) is 0 Å². The number of rotatable bonds is 6. The Balaban J connectivity index is 1.47. The molecule has 1 atom stereocenters. The summed E-state index contributed by atoms with van der Waals surface area (Å²) in [6.45, 7) is 7.67. The van der Waals surface area contributed by atoms with Gasteiger partial charge in [0.05, 0.1) is 22.8 Å². The molecule has 210 valence electrons. The minimum Gasteiger partial charge on any atom is -0.344 e.